The van der Waals surface area contributed by atoms with Crippen LogP contribution in [0, 0.1) is 0 Å². The van der Waals surface area contributed by atoms with Crippen LogP contribution in [0.3, 0.4) is 0 Å². The Hall–Kier alpha value is -3.92. The molecule has 0 amide bonds. The maximum Gasteiger partial charge on any atom is 0.165 e. The number of fused-ring (bicyclic) bond motifs is 5. The molecule has 0 unspecified atom stereocenters. The van der Waals surface area contributed by atoms with E-state index in [-0.39, 0.29) is 11.5 Å². The molecule has 0 fully saturated rings. The first-order valence-corrected chi connectivity index (χ1v) is 11.9. The van der Waals surface area contributed by atoms with E-state index in [1.54, 1.807) is 0 Å². The van der Waals surface area contributed by atoms with Crippen molar-refractivity contribution in [3.8, 4) is 17.2 Å². The van der Waals surface area contributed by atoms with E-state index >= 15 is 0 Å². The van der Waals surface area contributed by atoms with Crippen molar-refractivity contribution in [2.75, 3.05) is 31.3 Å². The third kappa shape index (κ3) is 2.84. The fourth-order valence-electron chi connectivity index (χ4n) is 5.84. The summed E-state index contributed by atoms with van der Waals surface area (Å²) < 4.78 is 18.1. The highest BCUT2D eigenvalue weighted by Crippen LogP contribution is 2.56. The van der Waals surface area contributed by atoms with Crippen molar-refractivity contribution in [1.29, 1.82) is 0 Å². The molecular weight excluding hydrogens is 422 g/mol. The summed E-state index contributed by atoms with van der Waals surface area (Å²) in [5.74, 6) is 2.49. The molecule has 1 atom stereocenters. The Morgan fingerprint density at radius 1 is 0.618 bits per heavy atom. The Kier molecular flexibility index (Phi) is 4.34. The average molecular weight is 448 g/mol. The van der Waals surface area contributed by atoms with Gasteiger partial charge in [0.05, 0.1) is 11.5 Å². The lowest BCUT2D eigenvalue weighted by atomic mass is 9.77. The molecule has 0 saturated heterocycles. The maximum absolute atomic E-state index is 6.34. The van der Waals surface area contributed by atoms with Gasteiger partial charge in [-0.2, -0.15) is 0 Å². The molecule has 4 aromatic carbocycles. The van der Waals surface area contributed by atoms with E-state index in [0.717, 1.165) is 23.8 Å². The van der Waals surface area contributed by atoms with Crippen LogP contribution >= 0.6 is 0 Å². The van der Waals surface area contributed by atoms with Crippen LogP contribution in [0.5, 0.6) is 17.2 Å². The van der Waals surface area contributed by atoms with Crippen LogP contribution in [-0.2, 0) is 5.41 Å². The van der Waals surface area contributed by atoms with Crippen molar-refractivity contribution in [3.05, 3.63) is 119 Å². The molecule has 4 heteroatoms. The molecule has 34 heavy (non-hydrogen) atoms. The number of benzene rings is 4. The van der Waals surface area contributed by atoms with Crippen molar-refractivity contribution in [2.24, 2.45) is 0 Å². The molecule has 0 N–H and O–H groups in total. The third-order valence-corrected chi connectivity index (χ3v) is 7.35. The van der Waals surface area contributed by atoms with Crippen LogP contribution in [0.15, 0.2) is 97.1 Å². The quantitative estimate of drug-likeness (QED) is 0.400. The highest BCUT2D eigenvalue weighted by atomic mass is 16.6. The second-order valence-electron chi connectivity index (χ2n) is 9.23. The zero-order valence-electron chi connectivity index (χ0n) is 18.8. The van der Waals surface area contributed by atoms with Gasteiger partial charge in [-0.15, -0.1) is 0 Å². The van der Waals surface area contributed by atoms with Crippen molar-refractivity contribution < 1.29 is 14.2 Å². The molecule has 3 aliphatic heterocycles. The van der Waals surface area contributed by atoms with Crippen molar-refractivity contribution in [2.45, 2.75) is 11.5 Å². The molecule has 1 spiro atoms. The predicted molar refractivity (Wildman–Crippen MR) is 132 cm³/mol. The van der Waals surface area contributed by atoms with E-state index in [2.05, 4.69) is 95.9 Å². The highest BCUT2D eigenvalue weighted by Gasteiger charge is 2.51. The number of hydrogen-bond acceptors (Lipinski definition) is 4. The van der Waals surface area contributed by atoms with Gasteiger partial charge in [-0.05, 0) is 28.8 Å². The minimum atomic E-state index is -0.260. The lowest BCUT2D eigenvalue weighted by Gasteiger charge is -2.33. The molecule has 3 aliphatic rings. The second-order valence-corrected chi connectivity index (χ2v) is 9.23. The maximum atomic E-state index is 6.34. The predicted octanol–water partition coefficient (Wildman–Crippen LogP) is 5.75. The number of hydrogen-bond donors (Lipinski definition) is 0. The van der Waals surface area contributed by atoms with Gasteiger partial charge in [0.15, 0.2) is 11.5 Å². The minimum absolute atomic E-state index is 0.101. The fraction of sp³-hybridized carbons (Fsp3) is 0.200. The van der Waals surface area contributed by atoms with E-state index in [4.69, 9.17) is 14.2 Å². The smallest absolute Gasteiger partial charge is 0.165 e. The normalized spacial score (nSPS) is 19.7. The lowest BCUT2D eigenvalue weighted by molar-refractivity contribution is 0.171. The summed E-state index contributed by atoms with van der Waals surface area (Å²) >= 11 is 0. The van der Waals surface area contributed by atoms with Crippen LogP contribution in [0.4, 0.5) is 5.69 Å². The molecule has 0 bridgehead atoms. The SMILES string of the molecule is c1ccc(C(c2ccccc2)N2C[C@]3(COc4cc5c(cc43)OCCO5)c3ccccc32)cc1. The van der Waals surface area contributed by atoms with Crippen molar-refractivity contribution in [1.82, 2.24) is 0 Å². The van der Waals surface area contributed by atoms with E-state index in [1.807, 2.05) is 6.07 Å². The lowest BCUT2D eigenvalue weighted by Crippen LogP contribution is -2.38. The van der Waals surface area contributed by atoms with Gasteiger partial charge in [-0.25, -0.2) is 0 Å². The van der Waals surface area contributed by atoms with E-state index in [9.17, 15) is 0 Å². The summed E-state index contributed by atoms with van der Waals surface area (Å²) in [5.41, 5.74) is 6.05. The van der Waals surface area contributed by atoms with Gasteiger partial charge >= 0.3 is 0 Å². The second kappa shape index (κ2) is 7.56. The first-order valence-electron chi connectivity index (χ1n) is 11.9. The Morgan fingerprint density at radius 2 is 1.24 bits per heavy atom. The topological polar surface area (TPSA) is 30.9 Å². The standard InChI is InChI=1S/C30H25NO3/c1-3-9-21(10-4-1)29(22-11-5-2-6-12-22)31-19-30(23-13-7-8-14-25(23)31)20-34-26-18-28-27(17-24(26)30)32-15-16-33-28/h1-14,17-18,29H,15-16,19-20H2/t30-/m0/s1. The summed E-state index contributed by atoms with van der Waals surface area (Å²) in [6, 6.07) is 34.6. The fourth-order valence-corrected chi connectivity index (χ4v) is 5.84. The number of para-hydroxylation sites is 1. The van der Waals surface area contributed by atoms with Gasteiger partial charge in [-0.1, -0.05) is 78.9 Å². The molecule has 168 valence electrons. The zero-order valence-corrected chi connectivity index (χ0v) is 18.8. The molecule has 0 aliphatic carbocycles. The molecule has 7 rings (SSSR count). The Balaban J connectivity index is 1.40. The van der Waals surface area contributed by atoms with Gasteiger partial charge in [-0.3, -0.25) is 0 Å². The monoisotopic (exact) mass is 447 g/mol. The van der Waals surface area contributed by atoms with Gasteiger partial charge in [0.25, 0.3) is 0 Å². The Labute approximate surface area is 199 Å². The molecular formula is C30H25NO3. The van der Waals surface area contributed by atoms with Crippen molar-refractivity contribution >= 4 is 5.69 Å². The Morgan fingerprint density at radius 3 is 1.94 bits per heavy atom. The van der Waals surface area contributed by atoms with E-state index in [0.29, 0.717) is 19.8 Å². The zero-order chi connectivity index (χ0) is 22.5. The van der Waals surface area contributed by atoms with E-state index < -0.39 is 0 Å². The summed E-state index contributed by atoms with van der Waals surface area (Å²) in [4.78, 5) is 2.55. The van der Waals surface area contributed by atoms with Crippen LogP contribution in [0.25, 0.3) is 0 Å². The Bertz CT molecular complexity index is 1310. The first-order chi connectivity index (χ1) is 16.8. The number of nitrogens with zero attached hydrogens (tertiary/aromatic N) is 1. The van der Waals surface area contributed by atoms with Gasteiger partial charge in [0, 0.05) is 23.9 Å². The molecule has 4 aromatic rings. The van der Waals surface area contributed by atoms with Crippen LogP contribution < -0.4 is 19.1 Å². The van der Waals surface area contributed by atoms with E-state index in [1.165, 1.54) is 27.9 Å². The minimum Gasteiger partial charge on any atom is -0.492 e. The molecule has 0 saturated carbocycles. The summed E-state index contributed by atoms with van der Waals surface area (Å²) in [5, 5.41) is 0. The number of rotatable bonds is 3. The van der Waals surface area contributed by atoms with Crippen LogP contribution in [0.1, 0.15) is 28.3 Å². The first kappa shape index (κ1) is 19.5. The number of ether oxygens (including phenoxy) is 3. The van der Waals surface area contributed by atoms with Crippen LogP contribution in [-0.4, -0.2) is 26.4 Å². The molecule has 0 aromatic heterocycles. The summed E-state index contributed by atoms with van der Waals surface area (Å²) in [7, 11) is 0. The van der Waals surface area contributed by atoms with Crippen molar-refractivity contribution in [3.63, 3.8) is 0 Å². The molecule has 4 nitrogen and oxygen atoms in total. The largest absolute Gasteiger partial charge is 0.492 e. The summed E-state index contributed by atoms with van der Waals surface area (Å²) in [6.45, 7) is 2.58. The van der Waals surface area contributed by atoms with Gasteiger partial charge in [0.2, 0.25) is 0 Å². The van der Waals surface area contributed by atoms with Gasteiger partial charge in [0.1, 0.15) is 25.6 Å². The molecule has 3 heterocycles. The average Bonchev–Trinajstić information content (AvgIpc) is 3.43. The third-order valence-electron chi connectivity index (χ3n) is 7.35. The summed E-state index contributed by atoms with van der Waals surface area (Å²) in [6.07, 6.45) is 0. The van der Waals surface area contributed by atoms with Gasteiger partial charge < -0.3 is 19.1 Å². The molecule has 0 radical (unpaired) electrons. The van der Waals surface area contributed by atoms with Crippen LogP contribution in [0.2, 0.25) is 0 Å². The number of anilines is 1. The highest BCUT2D eigenvalue weighted by molar-refractivity contribution is 5.72.